The van der Waals surface area contributed by atoms with Crippen LogP contribution in [0.1, 0.15) is 0 Å². The van der Waals surface area contributed by atoms with Crippen LogP contribution in [0.25, 0.3) is 0 Å². The van der Waals surface area contributed by atoms with Gasteiger partial charge in [0.1, 0.15) is 5.82 Å². The highest BCUT2D eigenvalue weighted by atomic mass is 32.2. The van der Waals surface area contributed by atoms with E-state index in [9.17, 15) is 9.18 Å². The fourth-order valence-electron chi connectivity index (χ4n) is 1.81. The summed E-state index contributed by atoms with van der Waals surface area (Å²) in [7, 11) is 0. The highest BCUT2D eigenvalue weighted by Gasteiger charge is 2.18. The van der Waals surface area contributed by atoms with Gasteiger partial charge < -0.3 is 10.2 Å². The zero-order valence-corrected chi connectivity index (χ0v) is 10.4. The number of piperazine rings is 1. The highest BCUT2D eigenvalue weighted by molar-refractivity contribution is 7.99. The Morgan fingerprint density at radius 2 is 2.12 bits per heavy atom. The largest absolute Gasteiger partial charge is 0.346 e. The van der Waals surface area contributed by atoms with Gasteiger partial charge in [0.2, 0.25) is 0 Å². The molecule has 1 aliphatic rings. The highest BCUT2D eigenvalue weighted by Crippen LogP contribution is 2.16. The van der Waals surface area contributed by atoms with E-state index >= 15 is 0 Å². The molecule has 2 N–H and O–H groups in total. The Balaban J connectivity index is 1.72. The molecule has 17 heavy (non-hydrogen) atoms. The first kappa shape index (κ1) is 12.4. The molecule has 0 radical (unpaired) electrons. The minimum absolute atomic E-state index is 0.137. The van der Waals surface area contributed by atoms with Gasteiger partial charge in [-0.3, -0.25) is 4.79 Å². The fourth-order valence-corrected chi connectivity index (χ4v) is 2.77. The van der Waals surface area contributed by atoms with Gasteiger partial charge in [-0.05, 0) is 24.3 Å². The van der Waals surface area contributed by atoms with Crippen LogP contribution in [0.2, 0.25) is 0 Å². The van der Waals surface area contributed by atoms with Crippen molar-refractivity contribution in [2.24, 2.45) is 0 Å². The van der Waals surface area contributed by atoms with Gasteiger partial charge in [0.25, 0.3) is 5.91 Å². The molecule has 0 aromatic heterocycles. The van der Waals surface area contributed by atoms with Gasteiger partial charge in [0.15, 0.2) is 6.54 Å². The van der Waals surface area contributed by atoms with Crippen molar-refractivity contribution in [3.8, 4) is 0 Å². The molecule has 92 valence electrons. The number of carbonyl (C=O) groups is 1. The minimum atomic E-state index is -0.201. The van der Waals surface area contributed by atoms with Crippen molar-refractivity contribution in [3.05, 3.63) is 30.1 Å². The lowest BCUT2D eigenvalue weighted by atomic mass is 10.3. The summed E-state index contributed by atoms with van der Waals surface area (Å²) in [6, 6.07) is 6.53. The number of carbonyl (C=O) groups excluding carboxylic acids is 1. The normalized spacial score (nSPS) is 20.1. The van der Waals surface area contributed by atoms with E-state index in [2.05, 4.69) is 5.32 Å². The van der Waals surface area contributed by atoms with Crippen LogP contribution in [0.5, 0.6) is 0 Å². The maximum Gasteiger partial charge on any atom is 0.275 e. The first-order chi connectivity index (χ1) is 8.24. The third-order valence-electron chi connectivity index (χ3n) is 2.75. The van der Waals surface area contributed by atoms with Gasteiger partial charge in [-0.25, -0.2) is 4.39 Å². The monoisotopic (exact) mass is 255 g/mol. The lowest BCUT2D eigenvalue weighted by Gasteiger charge is -2.23. The third kappa shape index (κ3) is 4.02. The van der Waals surface area contributed by atoms with Crippen LogP contribution < -0.4 is 10.2 Å². The number of thioether (sulfide) groups is 1. The SMILES string of the molecule is O=C1C[NH+](CCSc2ccc(F)cc2)CCN1. The van der Waals surface area contributed by atoms with E-state index in [0.717, 1.165) is 30.3 Å². The van der Waals surface area contributed by atoms with Crippen molar-refractivity contribution in [1.82, 2.24) is 5.32 Å². The van der Waals surface area contributed by atoms with Crippen molar-refractivity contribution < 1.29 is 14.1 Å². The van der Waals surface area contributed by atoms with Gasteiger partial charge in [0.05, 0.1) is 19.6 Å². The van der Waals surface area contributed by atoms with Crippen LogP contribution >= 0.6 is 11.8 Å². The number of rotatable bonds is 4. The molecule has 1 atom stereocenters. The van der Waals surface area contributed by atoms with E-state index in [4.69, 9.17) is 0 Å². The van der Waals surface area contributed by atoms with Crippen molar-refractivity contribution in [3.63, 3.8) is 0 Å². The van der Waals surface area contributed by atoms with Crippen molar-refractivity contribution in [2.75, 3.05) is 31.9 Å². The van der Waals surface area contributed by atoms with Crippen molar-refractivity contribution in [1.29, 1.82) is 0 Å². The van der Waals surface area contributed by atoms with Crippen molar-refractivity contribution >= 4 is 17.7 Å². The summed E-state index contributed by atoms with van der Waals surface area (Å²) in [5.74, 6) is 0.888. The Bertz CT molecular complexity index is 383. The zero-order valence-electron chi connectivity index (χ0n) is 9.54. The molecule has 0 bridgehead atoms. The quantitative estimate of drug-likeness (QED) is 0.739. The number of amides is 1. The Hall–Kier alpha value is -1.07. The Morgan fingerprint density at radius 3 is 2.82 bits per heavy atom. The molecule has 0 saturated carbocycles. The molecule has 2 rings (SSSR count). The van der Waals surface area contributed by atoms with E-state index < -0.39 is 0 Å². The van der Waals surface area contributed by atoms with Crippen molar-refractivity contribution in [2.45, 2.75) is 4.90 Å². The Morgan fingerprint density at radius 1 is 1.35 bits per heavy atom. The fraction of sp³-hybridized carbons (Fsp3) is 0.417. The molecule has 1 aromatic rings. The standard InChI is InChI=1S/C12H15FN2OS/c13-10-1-3-11(4-2-10)17-8-7-15-6-5-14-12(16)9-15/h1-4H,5-9H2,(H,14,16)/p+1. The van der Waals surface area contributed by atoms with Crippen LogP contribution in [0.4, 0.5) is 4.39 Å². The summed E-state index contributed by atoms with van der Waals surface area (Å²) >= 11 is 1.70. The third-order valence-corrected chi connectivity index (χ3v) is 3.76. The van der Waals surface area contributed by atoms with Gasteiger partial charge in [-0.2, -0.15) is 0 Å². The molecular weight excluding hydrogens is 239 g/mol. The summed E-state index contributed by atoms with van der Waals surface area (Å²) in [6.07, 6.45) is 0. The molecule has 0 spiro atoms. The van der Waals surface area contributed by atoms with E-state index in [1.165, 1.54) is 17.0 Å². The Kier molecular flexibility index (Phi) is 4.39. The summed E-state index contributed by atoms with van der Waals surface area (Å²) in [6.45, 7) is 3.31. The second kappa shape index (κ2) is 6.02. The smallest absolute Gasteiger partial charge is 0.275 e. The molecule has 1 aliphatic heterocycles. The molecule has 1 unspecified atom stereocenters. The lowest BCUT2D eigenvalue weighted by Crippen LogP contribution is -3.15. The van der Waals surface area contributed by atoms with Crippen LogP contribution in [0.3, 0.4) is 0 Å². The van der Waals surface area contributed by atoms with E-state index in [1.807, 2.05) is 0 Å². The molecule has 5 heteroatoms. The summed E-state index contributed by atoms with van der Waals surface area (Å²) < 4.78 is 12.7. The zero-order chi connectivity index (χ0) is 12.1. The topological polar surface area (TPSA) is 33.5 Å². The predicted octanol–water partition coefficient (Wildman–Crippen LogP) is -0.0675. The first-order valence-electron chi connectivity index (χ1n) is 5.73. The number of halogens is 1. The summed E-state index contributed by atoms with van der Waals surface area (Å²) in [5.41, 5.74) is 0. The van der Waals surface area contributed by atoms with Gasteiger partial charge in [-0.15, -0.1) is 11.8 Å². The average Bonchev–Trinajstić information content (AvgIpc) is 2.32. The number of quaternary nitrogens is 1. The first-order valence-corrected chi connectivity index (χ1v) is 6.71. The average molecular weight is 255 g/mol. The number of hydrogen-bond donors (Lipinski definition) is 2. The van der Waals surface area contributed by atoms with E-state index in [1.54, 1.807) is 23.9 Å². The van der Waals surface area contributed by atoms with E-state index in [0.29, 0.717) is 6.54 Å². The second-order valence-electron chi connectivity index (χ2n) is 4.08. The van der Waals surface area contributed by atoms with E-state index in [-0.39, 0.29) is 11.7 Å². The minimum Gasteiger partial charge on any atom is -0.346 e. The summed E-state index contributed by atoms with van der Waals surface area (Å²) in [4.78, 5) is 13.6. The Labute approximate surface area is 104 Å². The number of nitrogens with one attached hydrogen (secondary N) is 2. The molecular formula is C12H16FN2OS+. The molecule has 1 heterocycles. The van der Waals surface area contributed by atoms with Gasteiger partial charge >= 0.3 is 0 Å². The van der Waals surface area contributed by atoms with Gasteiger partial charge in [0, 0.05) is 10.6 Å². The second-order valence-corrected chi connectivity index (χ2v) is 5.25. The molecule has 0 aliphatic carbocycles. The van der Waals surface area contributed by atoms with Crippen LogP contribution in [-0.2, 0) is 4.79 Å². The van der Waals surface area contributed by atoms with Crippen LogP contribution in [-0.4, -0.2) is 37.8 Å². The maximum atomic E-state index is 12.7. The molecule has 1 saturated heterocycles. The predicted molar refractivity (Wildman–Crippen MR) is 65.7 cm³/mol. The number of hydrogen-bond acceptors (Lipinski definition) is 2. The van der Waals surface area contributed by atoms with Gasteiger partial charge in [-0.1, -0.05) is 0 Å². The molecule has 3 nitrogen and oxygen atoms in total. The molecule has 1 aromatic carbocycles. The van der Waals surface area contributed by atoms with Crippen LogP contribution in [0, 0.1) is 5.82 Å². The number of benzene rings is 1. The summed E-state index contributed by atoms with van der Waals surface area (Å²) in [5, 5.41) is 2.82. The molecule has 1 amide bonds. The maximum absolute atomic E-state index is 12.7. The van der Waals surface area contributed by atoms with Crippen LogP contribution in [0.15, 0.2) is 29.2 Å². The lowest BCUT2D eigenvalue weighted by molar-refractivity contribution is -0.890. The molecule has 1 fully saturated rings.